The Balaban J connectivity index is 1.94. The van der Waals surface area contributed by atoms with Crippen molar-refractivity contribution >= 4 is 11.4 Å². The summed E-state index contributed by atoms with van der Waals surface area (Å²) in [4.78, 5) is 14.3. The van der Waals surface area contributed by atoms with E-state index in [9.17, 15) is 10.1 Å². The molecule has 2 rings (SSSR count). The van der Waals surface area contributed by atoms with E-state index >= 15 is 0 Å². The van der Waals surface area contributed by atoms with E-state index in [4.69, 9.17) is 0 Å². The van der Waals surface area contributed by atoms with Crippen LogP contribution in [0, 0.1) is 10.1 Å². The molecule has 7 nitrogen and oxygen atoms in total. The summed E-state index contributed by atoms with van der Waals surface area (Å²) in [6.07, 6.45) is 2.70. The van der Waals surface area contributed by atoms with Crippen LogP contribution in [-0.4, -0.2) is 40.7 Å². The zero-order chi connectivity index (χ0) is 15.4. The molecule has 1 aromatic carbocycles. The van der Waals surface area contributed by atoms with Gasteiger partial charge in [-0.25, -0.2) is 0 Å². The van der Waals surface area contributed by atoms with E-state index in [1.807, 2.05) is 26.0 Å². The van der Waals surface area contributed by atoms with Gasteiger partial charge in [-0.15, -0.1) is 0 Å². The molecule has 7 heteroatoms. The summed E-state index contributed by atoms with van der Waals surface area (Å²) >= 11 is 0. The van der Waals surface area contributed by atoms with Crippen LogP contribution in [0.4, 0.5) is 11.4 Å². The molecule has 0 N–H and O–H groups in total. The zero-order valence-electron chi connectivity index (χ0n) is 12.4. The van der Waals surface area contributed by atoms with Crippen LogP contribution >= 0.6 is 0 Å². The zero-order valence-corrected chi connectivity index (χ0v) is 12.4. The van der Waals surface area contributed by atoms with Gasteiger partial charge in [-0.1, -0.05) is 12.1 Å². The average molecular weight is 289 g/mol. The summed E-state index contributed by atoms with van der Waals surface area (Å²) in [5, 5.41) is 14.6. The maximum atomic E-state index is 10.6. The first kappa shape index (κ1) is 15.0. The smallest absolute Gasteiger partial charge is 0.307 e. The third-order valence-corrected chi connectivity index (χ3v) is 3.12. The molecule has 0 aliphatic rings. The Kier molecular flexibility index (Phi) is 4.54. The number of anilines is 1. The highest BCUT2D eigenvalue weighted by Gasteiger charge is 2.10. The van der Waals surface area contributed by atoms with Crippen LogP contribution in [0.5, 0.6) is 0 Å². The van der Waals surface area contributed by atoms with Gasteiger partial charge < -0.3 is 4.90 Å². The maximum Gasteiger partial charge on any atom is 0.307 e. The number of rotatable bonds is 6. The molecule has 0 aliphatic carbocycles. The average Bonchev–Trinajstić information content (AvgIpc) is 2.87. The molecule has 0 radical (unpaired) electrons. The van der Waals surface area contributed by atoms with E-state index in [1.165, 1.54) is 18.0 Å². The highest BCUT2D eigenvalue weighted by atomic mass is 16.6. The van der Waals surface area contributed by atoms with Crippen molar-refractivity contribution in [1.82, 2.24) is 14.7 Å². The Bertz CT molecular complexity index is 606. The number of aromatic nitrogens is 2. The van der Waals surface area contributed by atoms with Gasteiger partial charge in [0.05, 0.1) is 11.6 Å². The van der Waals surface area contributed by atoms with Crippen molar-refractivity contribution < 1.29 is 4.92 Å². The fourth-order valence-electron chi connectivity index (χ4n) is 2.03. The number of hydrogen-bond donors (Lipinski definition) is 0. The van der Waals surface area contributed by atoms with Gasteiger partial charge in [0.15, 0.2) is 0 Å². The lowest BCUT2D eigenvalue weighted by atomic mass is 10.2. The van der Waals surface area contributed by atoms with Gasteiger partial charge in [0.2, 0.25) is 0 Å². The van der Waals surface area contributed by atoms with Crippen molar-refractivity contribution in [2.24, 2.45) is 0 Å². The fourth-order valence-corrected chi connectivity index (χ4v) is 2.03. The lowest BCUT2D eigenvalue weighted by Gasteiger charge is -2.17. The van der Waals surface area contributed by atoms with E-state index in [1.54, 1.807) is 4.68 Å². The minimum absolute atomic E-state index is 0.0127. The van der Waals surface area contributed by atoms with E-state index < -0.39 is 4.92 Å². The van der Waals surface area contributed by atoms with Crippen molar-refractivity contribution in [3.8, 4) is 0 Å². The first-order valence-electron chi connectivity index (χ1n) is 6.57. The summed E-state index contributed by atoms with van der Waals surface area (Å²) in [7, 11) is 5.96. The second kappa shape index (κ2) is 6.36. The summed E-state index contributed by atoms with van der Waals surface area (Å²) in [6, 6.07) is 8.30. The van der Waals surface area contributed by atoms with E-state index in [2.05, 4.69) is 34.3 Å². The normalized spacial score (nSPS) is 10.9. The minimum Gasteiger partial charge on any atom is -0.378 e. The molecule has 0 atom stereocenters. The van der Waals surface area contributed by atoms with Crippen molar-refractivity contribution in [1.29, 1.82) is 0 Å². The third kappa shape index (κ3) is 4.03. The number of benzene rings is 1. The molecule has 0 spiro atoms. The molecule has 2 aromatic rings. The van der Waals surface area contributed by atoms with Gasteiger partial charge in [0.1, 0.15) is 12.4 Å². The molecule has 0 saturated heterocycles. The second-order valence-electron chi connectivity index (χ2n) is 5.21. The van der Waals surface area contributed by atoms with Gasteiger partial charge in [0, 0.05) is 26.3 Å². The van der Waals surface area contributed by atoms with E-state index in [0.29, 0.717) is 6.67 Å². The largest absolute Gasteiger partial charge is 0.378 e. The van der Waals surface area contributed by atoms with Gasteiger partial charge in [-0.05, 0) is 24.7 Å². The van der Waals surface area contributed by atoms with Crippen LogP contribution in [-0.2, 0) is 13.2 Å². The lowest BCUT2D eigenvalue weighted by Crippen LogP contribution is -2.21. The Morgan fingerprint density at radius 1 is 1.24 bits per heavy atom. The fraction of sp³-hybridized carbons (Fsp3) is 0.357. The molecular formula is C14H19N5O2. The molecule has 0 saturated carbocycles. The predicted octanol–water partition coefficient (Wildman–Crippen LogP) is 1.95. The molecule has 1 heterocycles. The molecule has 0 fully saturated rings. The number of nitrogens with zero attached hydrogens (tertiary/aromatic N) is 5. The predicted molar refractivity (Wildman–Crippen MR) is 81.1 cm³/mol. The van der Waals surface area contributed by atoms with Crippen LogP contribution in [0.25, 0.3) is 0 Å². The Hall–Kier alpha value is -2.41. The summed E-state index contributed by atoms with van der Waals surface area (Å²) in [5.74, 6) is 0. The standard InChI is InChI=1S/C14H19N5O2/c1-16(2)13-6-4-12(5-7-13)9-17(3)11-18-10-14(8-15-18)19(20)21/h4-8,10H,9,11H2,1-3H3. The second-order valence-corrected chi connectivity index (χ2v) is 5.21. The monoisotopic (exact) mass is 289 g/mol. The molecule has 1 aromatic heterocycles. The van der Waals surface area contributed by atoms with Gasteiger partial charge >= 0.3 is 5.69 Å². The first-order valence-corrected chi connectivity index (χ1v) is 6.57. The Labute approximate surface area is 123 Å². The van der Waals surface area contributed by atoms with Crippen LogP contribution in [0.1, 0.15) is 5.56 Å². The molecular weight excluding hydrogens is 270 g/mol. The van der Waals surface area contributed by atoms with Crippen molar-refractivity contribution in [2.45, 2.75) is 13.2 Å². The molecule has 112 valence electrons. The topological polar surface area (TPSA) is 67.4 Å². The Morgan fingerprint density at radius 2 is 1.90 bits per heavy atom. The lowest BCUT2D eigenvalue weighted by molar-refractivity contribution is -0.385. The first-order chi connectivity index (χ1) is 9.95. The quantitative estimate of drug-likeness (QED) is 0.600. The van der Waals surface area contributed by atoms with Crippen molar-refractivity contribution in [3.05, 3.63) is 52.3 Å². The molecule has 0 aliphatic heterocycles. The summed E-state index contributed by atoms with van der Waals surface area (Å²) in [6.45, 7) is 1.25. The van der Waals surface area contributed by atoms with Crippen molar-refractivity contribution in [3.63, 3.8) is 0 Å². The van der Waals surface area contributed by atoms with Crippen LogP contribution in [0.2, 0.25) is 0 Å². The van der Waals surface area contributed by atoms with E-state index in [-0.39, 0.29) is 5.69 Å². The summed E-state index contributed by atoms with van der Waals surface area (Å²) < 4.78 is 1.56. The van der Waals surface area contributed by atoms with Gasteiger partial charge in [-0.3, -0.25) is 19.7 Å². The molecule has 0 bridgehead atoms. The van der Waals surface area contributed by atoms with Crippen LogP contribution < -0.4 is 4.90 Å². The molecule has 0 amide bonds. The highest BCUT2D eigenvalue weighted by molar-refractivity contribution is 5.45. The maximum absolute atomic E-state index is 10.6. The SMILES string of the molecule is CN(Cc1ccc(N(C)C)cc1)Cn1cc([N+](=O)[O-])cn1. The van der Waals surface area contributed by atoms with Crippen molar-refractivity contribution in [2.75, 3.05) is 26.0 Å². The van der Waals surface area contributed by atoms with Crippen LogP contribution in [0.15, 0.2) is 36.7 Å². The minimum atomic E-state index is -0.441. The molecule has 0 unspecified atom stereocenters. The summed E-state index contributed by atoms with van der Waals surface area (Å²) in [5.41, 5.74) is 2.35. The molecule has 21 heavy (non-hydrogen) atoms. The third-order valence-electron chi connectivity index (χ3n) is 3.12. The van der Waals surface area contributed by atoms with Gasteiger partial charge in [-0.2, -0.15) is 5.10 Å². The Morgan fingerprint density at radius 3 is 2.43 bits per heavy atom. The van der Waals surface area contributed by atoms with Gasteiger partial charge in [0.25, 0.3) is 0 Å². The van der Waals surface area contributed by atoms with Crippen LogP contribution in [0.3, 0.4) is 0 Å². The highest BCUT2D eigenvalue weighted by Crippen LogP contribution is 2.14. The van der Waals surface area contributed by atoms with E-state index in [0.717, 1.165) is 12.2 Å². The number of nitro groups is 1. The number of hydrogen-bond acceptors (Lipinski definition) is 5.